The van der Waals surface area contributed by atoms with Crippen LogP contribution >= 0.6 is 0 Å². The van der Waals surface area contributed by atoms with Crippen LogP contribution in [0.5, 0.6) is 0 Å². The second kappa shape index (κ2) is 5.63. The van der Waals surface area contributed by atoms with E-state index in [0.717, 1.165) is 22.3 Å². The molecule has 19 heavy (non-hydrogen) atoms. The van der Waals surface area contributed by atoms with Crippen LogP contribution in [0.25, 0.3) is 0 Å². The summed E-state index contributed by atoms with van der Waals surface area (Å²) in [5.74, 6) is 0.265. The van der Waals surface area contributed by atoms with Crippen LogP contribution in [-0.2, 0) is 10.0 Å². The first-order valence-corrected chi connectivity index (χ1v) is 8.16. The molecule has 0 saturated carbocycles. The Morgan fingerprint density at radius 2 is 1.37 bits per heavy atom. The van der Waals surface area contributed by atoms with Crippen molar-refractivity contribution in [3.05, 3.63) is 28.3 Å². The van der Waals surface area contributed by atoms with Crippen LogP contribution in [0.15, 0.2) is 11.0 Å². The number of sulfonamides is 1. The highest BCUT2D eigenvalue weighted by Gasteiger charge is 2.24. The predicted molar refractivity (Wildman–Crippen MR) is 80.0 cm³/mol. The molecular formula is C15H25NO2S. The number of aryl methyl sites for hydroxylation is 2. The van der Waals surface area contributed by atoms with Crippen molar-refractivity contribution in [2.75, 3.05) is 0 Å². The number of benzene rings is 1. The molecule has 0 saturated heterocycles. The van der Waals surface area contributed by atoms with Crippen molar-refractivity contribution in [1.82, 2.24) is 4.72 Å². The zero-order valence-corrected chi connectivity index (χ0v) is 13.8. The van der Waals surface area contributed by atoms with E-state index >= 15 is 0 Å². The Kier molecular flexibility index (Phi) is 4.80. The molecule has 1 aromatic rings. The van der Waals surface area contributed by atoms with Gasteiger partial charge in [0.25, 0.3) is 0 Å². The van der Waals surface area contributed by atoms with Gasteiger partial charge in [0, 0.05) is 6.04 Å². The maximum absolute atomic E-state index is 12.6. The SMILES string of the molecule is Cc1cc(C)c(C)c(S(=O)(=O)NC(C)C(C)C)c1C. The first-order chi connectivity index (χ1) is 8.58. The highest BCUT2D eigenvalue weighted by atomic mass is 32.2. The van der Waals surface area contributed by atoms with E-state index in [-0.39, 0.29) is 12.0 Å². The molecule has 0 aliphatic rings. The molecule has 0 aliphatic heterocycles. The molecule has 0 aromatic heterocycles. The third kappa shape index (κ3) is 3.37. The molecule has 108 valence electrons. The molecule has 0 fully saturated rings. The molecular weight excluding hydrogens is 258 g/mol. The lowest BCUT2D eigenvalue weighted by atomic mass is 10.0. The van der Waals surface area contributed by atoms with Gasteiger partial charge >= 0.3 is 0 Å². The summed E-state index contributed by atoms with van der Waals surface area (Å²) in [5, 5.41) is 0. The highest BCUT2D eigenvalue weighted by Crippen LogP contribution is 2.26. The minimum atomic E-state index is -3.46. The van der Waals surface area contributed by atoms with Gasteiger partial charge in [-0.05, 0) is 62.8 Å². The van der Waals surface area contributed by atoms with E-state index in [4.69, 9.17) is 0 Å². The van der Waals surface area contributed by atoms with Gasteiger partial charge in [0.05, 0.1) is 4.90 Å². The first-order valence-electron chi connectivity index (χ1n) is 6.67. The first kappa shape index (κ1) is 16.2. The van der Waals surface area contributed by atoms with Crippen molar-refractivity contribution in [1.29, 1.82) is 0 Å². The maximum Gasteiger partial charge on any atom is 0.241 e. The van der Waals surface area contributed by atoms with Crippen LogP contribution in [0.1, 0.15) is 43.0 Å². The molecule has 1 N–H and O–H groups in total. The fourth-order valence-electron chi connectivity index (χ4n) is 2.02. The van der Waals surface area contributed by atoms with Gasteiger partial charge in [0.15, 0.2) is 0 Å². The summed E-state index contributed by atoms with van der Waals surface area (Å²) < 4.78 is 27.9. The molecule has 0 heterocycles. The standard InChI is InChI=1S/C15H25NO2S/c1-9(2)14(7)16-19(17,18)15-12(5)10(3)8-11(4)13(15)6/h8-9,14,16H,1-7H3. The van der Waals surface area contributed by atoms with Gasteiger partial charge in [-0.1, -0.05) is 19.9 Å². The second-order valence-electron chi connectivity index (χ2n) is 5.74. The summed E-state index contributed by atoms with van der Waals surface area (Å²) >= 11 is 0. The minimum absolute atomic E-state index is 0.0791. The normalized spacial score (nSPS) is 13.9. The number of nitrogens with one attached hydrogen (secondary N) is 1. The van der Waals surface area contributed by atoms with Crippen LogP contribution in [0.4, 0.5) is 0 Å². The Morgan fingerprint density at radius 1 is 0.947 bits per heavy atom. The Bertz CT molecular complexity index is 548. The maximum atomic E-state index is 12.6. The lowest BCUT2D eigenvalue weighted by molar-refractivity contribution is 0.476. The van der Waals surface area contributed by atoms with E-state index in [1.54, 1.807) is 0 Å². The smallest absolute Gasteiger partial charge is 0.208 e. The van der Waals surface area contributed by atoms with E-state index in [2.05, 4.69) is 4.72 Å². The van der Waals surface area contributed by atoms with Crippen molar-refractivity contribution < 1.29 is 8.42 Å². The molecule has 0 amide bonds. The second-order valence-corrected chi connectivity index (χ2v) is 7.39. The van der Waals surface area contributed by atoms with Gasteiger partial charge in [-0.25, -0.2) is 13.1 Å². The fraction of sp³-hybridized carbons (Fsp3) is 0.600. The highest BCUT2D eigenvalue weighted by molar-refractivity contribution is 7.89. The molecule has 3 nitrogen and oxygen atoms in total. The average Bonchev–Trinajstić information content (AvgIpc) is 2.25. The largest absolute Gasteiger partial charge is 0.241 e. The molecule has 1 rings (SSSR count). The summed E-state index contributed by atoms with van der Waals surface area (Å²) in [6.45, 7) is 13.6. The Morgan fingerprint density at radius 3 is 1.74 bits per heavy atom. The fourth-order valence-corrected chi connectivity index (χ4v) is 4.03. The number of hydrogen-bond acceptors (Lipinski definition) is 2. The lowest BCUT2D eigenvalue weighted by Crippen LogP contribution is -2.36. The van der Waals surface area contributed by atoms with Crippen molar-refractivity contribution >= 4 is 10.0 Å². The van der Waals surface area contributed by atoms with E-state index in [9.17, 15) is 8.42 Å². The summed E-state index contributed by atoms with van der Waals surface area (Å²) in [6, 6.07) is 1.96. The zero-order chi connectivity index (χ0) is 15.0. The summed E-state index contributed by atoms with van der Waals surface area (Å²) in [7, 11) is -3.46. The van der Waals surface area contributed by atoms with E-state index in [0.29, 0.717) is 4.90 Å². The number of hydrogen-bond donors (Lipinski definition) is 1. The van der Waals surface area contributed by atoms with Crippen molar-refractivity contribution in [2.24, 2.45) is 5.92 Å². The quantitative estimate of drug-likeness (QED) is 0.922. The Hall–Kier alpha value is -0.870. The van der Waals surface area contributed by atoms with Crippen molar-refractivity contribution in [3.8, 4) is 0 Å². The van der Waals surface area contributed by atoms with E-state index < -0.39 is 10.0 Å². The van der Waals surface area contributed by atoms with Crippen LogP contribution < -0.4 is 4.72 Å². The van der Waals surface area contributed by atoms with Crippen LogP contribution in [0, 0.1) is 33.6 Å². The molecule has 0 radical (unpaired) electrons. The van der Waals surface area contributed by atoms with Gasteiger partial charge in [-0.3, -0.25) is 0 Å². The zero-order valence-electron chi connectivity index (χ0n) is 13.0. The molecule has 1 aromatic carbocycles. The summed E-state index contributed by atoms with van der Waals surface area (Å²) in [6.07, 6.45) is 0. The Balaban J connectivity index is 3.37. The van der Waals surface area contributed by atoms with Crippen molar-refractivity contribution in [3.63, 3.8) is 0 Å². The molecule has 0 bridgehead atoms. The third-order valence-corrected chi connectivity index (χ3v) is 5.74. The monoisotopic (exact) mass is 283 g/mol. The van der Waals surface area contributed by atoms with Gasteiger partial charge in [0.2, 0.25) is 10.0 Å². The minimum Gasteiger partial charge on any atom is -0.208 e. The van der Waals surface area contributed by atoms with Crippen LogP contribution in [0.2, 0.25) is 0 Å². The molecule has 0 spiro atoms. The van der Waals surface area contributed by atoms with Gasteiger partial charge < -0.3 is 0 Å². The Labute approximate surface area is 117 Å². The molecule has 0 aliphatic carbocycles. The molecule has 1 unspecified atom stereocenters. The van der Waals surface area contributed by atoms with E-state index in [1.165, 1.54) is 0 Å². The summed E-state index contributed by atoms with van der Waals surface area (Å²) in [4.78, 5) is 0.442. The van der Waals surface area contributed by atoms with Gasteiger partial charge in [-0.2, -0.15) is 0 Å². The topological polar surface area (TPSA) is 46.2 Å². The average molecular weight is 283 g/mol. The van der Waals surface area contributed by atoms with Gasteiger partial charge in [-0.15, -0.1) is 0 Å². The molecule has 4 heteroatoms. The van der Waals surface area contributed by atoms with Crippen LogP contribution in [0.3, 0.4) is 0 Å². The van der Waals surface area contributed by atoms with Gasteiger partial charge in [0.1, 0.15) is 0 Å². The predicted octanol–water partition coefficient (Wildman–Crippen LogP) is 3.24. The third-order valence-electron chi connectivity index (χ3n) is 3.91. The van der Waals surface area contributed by atoms with Crippen molar-refractivity contribution in [2.45, 2.75) is 59.4 Å². The van der Waals surface area contributed by atoms with Crippen LogP contribution in [-0.4, -0.2) is 14.5 Å². The molecule has 1 atom stereocenters. The van der Waals surface area contributed by atoms with E-state index in [1.807, 2.05) is 54.5 Å². The summed E-state index contributed by atoms with van der Waals surface area (Å²) in [5.41, 5.74) is 3.71. The number of rotatable bonds is 4. The lowest BCUT2D eigenvalue weighted by Gasteiger charge is -2.21.